The van der Waals surface area contributed by atoms with E-state index in [0.29, 0.717) is 10.6 Å². The minimum Gasteiger partial charge on any atom is -0.455 e. The minimum atomic E-state index is -0.547. The molecule has 1 aliphatic carbocycles. The van der Waals surface area contributed by atoms with Crippen molar-refractivity contribution in [3.8, 4) is 0 Å². The summed E-state index contributed by atoms with van der Waals surface area (Å²) in [5.41, 5.74) is 6.80. The van der Waals surface area contributed by atoms with Crippen LogP contribution in [0.25, 0.3) is 0 Å². The van der Waals surface area contributed by atoms with E-state index in [9.17, 15) is 14.4 Å². The van der Waals surface area contributed by atoms with Gasteiger partial charge in [0.05, 0.1) is 5.56 Å². The minimum absolute atomic E-state index is 0.389. The number of hydrogen-bond acceptors (Lipinski definition) is 6. The number of nitrogens with two attached hydrogens (primary N) is 1. The van der Waals surface area contributed by atoms with Crippen molar-refractivity contribution >= 4 is 45.9 Å². The third-order valence-corrected chi connectivity index (χ3v) is 6.45. The lowest BCUT2D eigenvalue weighted by molar-refractivity contribution is -0.146. The van der Waals surface area contributed by atoms with Gasteiger partial charge in [-0.15, -0.1) is 23.1 Å². The summed E-state index contributed by atoms with van der Waals surface area (Å²) in [5, 5.41) is 2.67. The van der Waals surface area contributed by atoms with Crippen LogP contribution in [0, 0.1) is 0 Å². The molecular weight excluding hydrogens is 384 g/mol. The number of primary amides is 1. The molecule has 0 fully saturated rings. The number of hydrogen-bond donors (Lipinski definition) is 2. The van der Waals surface area contributed by atoms with Crippen LogP contribution in [0.5, 0.6) is 0 Å². The molecule has 2 amide bonds. The van der Waals surface area contributed by atoms with Gasteiger partial charge in [0.2, 0.25) is 0 Å². The van der Waals surface area contributed by atoms with Crippen molar-refractivity contribution in [3.05, 3.63) is 46.3 Å². The molecule has 3 N–H and O–H groups in total. The van der Waals surface area contributed by atoms with E-state index in [1.54, 1.807) is 6.92 Å². The molecule has 3 rings (SSSR count). The fourth-order valence-electron chi connectivity index (χ4n) is 2.92. The summed E-state index contributed by atoms with van der Waals surface area (Å²) in [6.07, 6.45) is 2.67. The molecule has 27 heavy (non-hydrogen) atoms. The van der Waals surface area contributed by atoms with E-state index < -0.39 is 29.6 Å². The number of benzene rings is 1. The van der Waals surface area contributed by atoms with Crippen LogP contribution in [-0.4, -0.2) is 29.6 Å². The molecule has 1 aromatic heterocycles. The second kappa shape index (κ2) is 8.58. The molecule has 0 bridgehead atoms. The zero-order chi connectivity index (χ0) is 19.4. The first kappa shape index (κ1) is 19.4. The van der Waals surface area contributed by atoms with E-state index in [0.717, 1.165) is 34.6 Å². The van der Waals surface area contributed by atoms with E-state index in [1.807, 2.05) is 30.3 Å². The number of anilines is 1. The van der Waals surface area contributed by atoms with Gasteiger partial charge < -0.3 is 15.8 Å². The maximum atomic E-state index is 12.2. The standard InChI is InChI=1S/C19H20N2O4S2/c1-11(26-12-6-3-2-4-7-12)19(24)25-10-15(22)21-18-16(17(20)23)13-8-5-9-14(13)27-18/h2-4,6-7,11H,5,8-10H2,1H3,(H2,20,23)(H,21,22)/t11-/m1/s1. The highest BCUT2D eigenvalue weighted by Crippen LogP contribution is 2.38. The number of carbonyl (C=O) groups is 3. The lowest BCUT2D eigenvalue weighted by Gasteiger charge is -2.11. The van der Waals surface area contributed by atoms with Crippen LogP contribution < -0.4 is 11.1 Å². The lowest BCUT2D eigenvalue weighted by atomic mass is 10.1. The predicted molar refractivity (Wildman–Crippen MR) is 106 cm³/mol. The second-order valence-corrected chi connectivity index (χ2v) is 8.67. The van der Waals surface area contributed by atoms with Gasteiger partial charge in [0, 0.05) is 9.77 Å². The van der Waals surface area contributed by atoms with Crippen LogP contribution in [-0.2, 0) is 27.2 Å². The second-order valence-electron chi connectivity index (χ2n) is 6.15. The van der Waals surface area contributed by atoms with E-state index in [1.165, 1.54) is 23.1 Å². The van der Waals surface area contributed by atoms with Gasteiger partial charge in [0.25, 0.3) is 11.8 Å². The molecule has 0 saturated heterocycles. The Balaban J connectivity index is 1.54. The predicted octanol–water partition coefficient (Wildman–Crippen LogP) is 3.00. The molecule has 0 spiro atoms. The van der Waals surface area contributed by atoms with Crippen LogP contribution >= 0.6 is 23.1 Å². The summed E-state index contributed by atoms with van der Waals surface area (Å²) in [5.74, 6) is -1.50. The number of nitrogens with one attached hydrogen (secondary N) is 1. The summed E-state index contributed by atoms with van der Waals surface area (Å²) in [6, 6.07) is 9.49. The normalized spacial score (nSPS) is 13.7. The monoisotopic (exact) mass is 404 g/mol. The van der Waals surface area contributed by atoms with Gasteiger partial charge in [-0.1, -0.05) is 18.2 Å². The lowest BCUT2D eigenvalue weighted by Crippen LogP contribution is -2.25. The summed E-state index contributed by atoms with van der Waals surface area (Å²) in [6.45, 7) is 1.33. The number of fused-ring (bicyclic) bond motifs is 1. The average molecular weight is 405 g/mol. The van der Waals surface area contributed by atoms with Crippen LogP contribution in [0.1, 0.15) is 34.1 Å². The van der Waals surface area contributed by atoms with Crippen molar-refractivity contribution in [3.63, 3.8) is 0 Å². The number of ether oxygens (including phenoxy) is 1. The molecule has 0 radical (unpaired) electrons. The number of amides is 2. The zero-order valence-corrected chi connectivity index (χ0v) is 16.5. The smallest absolute Gasteiger partial charge is 0.319 e. The topological polar surface area (TPSA) is 98.5 Å². The van der Waals surface area contributed by atoms with Crippen molar-refractivity contribution in [1.82, 2.24) is 0 Å². The molecule has 1 atom stereocenters. The molecule has 1 heterocycles. The summed E-state index contributed by atoms with van der Waals surface area (Å²) in [7, 11) is 0. The Morgan fingerprint density at radius 2 is 2.00 bits per heavy atom. The van der Waals surface area contributed by atoms with Crippen LogP contribution in [0.15, 0.2) is 35.2 Å². The average Bonchev–Trinajstić information content (AvgIpc) is 3.20. The highest BCUT2D eigenvalue weighted by atomic mass is 32.2. The van der Waals surface area contributed by atoms with Crippen molar-refractivity contribution in [1.29, 1.82) is 0 Å². The maximum absolute atomic E-state index is 12.2. The van der Waals surface area contributed by atoms with Crippen LogP contribution in [0.2, 0.25) is 0 Å². The largest absolute Gasteiger partial charge is 0.455 e. The molecule has 1 aromatic carbocycles. The van der Waals surface area contributed by atoms with E-state index in [2.05, 4.69) is 5.32 Å². The number of carbonyl (C=O) groups excluding carboxylic acids is 3. The molecule has 0 aliphatic heterocycles. The van der Waals surface area contributed by atoms with E-state index in [-0.39, 0.29) is 0 Å². The molecular formula is C19H20N2O4S2. The van der Waals surface area contributed by atoms with Gasteiger partial charge in [-0.05, 0) is 43.9 Å². The van der Waals surface area contributed by atoms with E-state index >= 15 is 0 Å². The van der Waals surface area contributed by atoms with E-state index in [4.69, 9.17) is 10.5 Å². The Morgan fingerprint density at radius 1 is 1.26 bits per heavy atom. The van der Waals surface area contributed by atoms with Crippen LogP contribution in [0.4, 0.5) is 5.00 Å². The number of esters is 1. The molecule has 0 unspecified atom stereocenters. The van der Waals surface area contributed by atoms with Gasteiger partial charge in [-0.2, -0.15) is 0 Å². The van der Waals surface area contributed by atoms with Gasteiger partial charge >= 0.3 is 5.97 Å². The Labute approximate surface area is 165 Å². The first-order valence-electron chi connectivity index (χ1n) is 8.58. The summed E-state index contributed by atoms with van der Waals surface area (Å²) in [4.78, 5) is 38.0. The number of aryl methyl sites for hydroxylation is 1. The Kier molecular flexibility index (Phi) is 6.18. The number of thioether (sulfide) groups is 1. The molecule has 1 aliphatic rings. The van der Waals surface area contributed by atoms with Crippen LogP contribution in [0.3, 0.4) is 0 Å². The third kappa shape index (κ3) is 4.70. The highest BCUT2D eigenvalue weighted by molar-refractivity contribution is 8.00. The summed E-state index contributed by atoms with van der Waals surface area (Å²) >= 11 is 2.73. The number of thiophene rings is 1. The van der Waals surface area contributed by atoms with Gasteiger partial charge in [-0.3, -0.25) is 14.4 Å². The first-order chi connectivity index (χ1) is 13.0. The molecule has 142 valence electrons. The third-order valence-electron chi connectivity index (χ3n) is 4.15. The Hall–Kier alpha value is -2.32. The van der Waals surface area contributed by atoms with Crippen molar-refractivity contribution < 1.29 is 19.1 Å². The fourth-order valence-corrected chi connectivity index (χ4v) is 5.12. The molecule has 6 nitrogen and oxygen atoms in total. The Bertz CT molecular complexity index is 864. The quantitative estimate of drug-likeness (QED) is 0.546. The molecule has 8 heteroatoms. The van der Waals surface area contributed by atoms with Crippen molar-refractivity contribution in [2.24, 2.45) is 5.73 Å². The summed E-state index contributed by atoms with van der Waals surface area (Å²) < 4.78 is 5.10. The first-order valence-corrected chi connectivity index (χ1v) is 10.3. The fraction of sp³-hybridized carbons (Fsp3) is 0.316. The molecule has 2 aromatic rings. The van der Waals surface area contributed by atoms with Crippen molar-refractivity contribution in [2.45, 2.75) is 36.3 Å². The van der Waals surface area contributed by atoms with Gasteiger partial charge in [0.15, 0.2) is 6.61 Å². The maximum Gasteiger partial charge on any atom is 0.319 e. The highest BCUT2D eigenvalue weighted by Gasteiger charge is 2.26. The zero-order valence-electron chi connectivity index (χ0n) is 14.8. The SMILES string of the molecule is C[C@@H](Sc1ccccc1)C(=O)OCC(=O)Nc1sc2c(c1C(N)=O)CCC2. The molecule has 0 saturated carbocycles. The van der Waals surface area contributed by atoms with Gasteiger partial charge in [-0.25, -0.2) is 0 Å². The van der Waals surface area contributed by atoms with Crippen molar-refractivity contribution in [2.75, 3.05) is 11.9 Å². The Morgan fingerprint density at radius 3 is 2.70 bits per heavy atom. The number of rotatable bonds is 7. The van der Waals surface area contributed by atoms with Gasteiger partial charge in [0.1, 0.15) is 10.3 Å².